The molecule has 4 nitrogen and oxygen atoms in total. The van der Waals surface area contributed by atoms with Gasteiger partial charge in [0.15, 0.2) is 0 Å². The molecule has 1 atom stereocenters. The molecule has 1 fully saturated rings. The molecule has 1 aliphatic rings. The molecule has 1 saturated heterocycles. The van der Waals surface area contributed by atoms with Crippen molar-refractivity contribution in [2.24, 2.45) is 0 Å². The van der Waals surface area contributed by atoms with E-state index in [4.69, 9.17) is 15.0 Å². The molecule has 0 bridgehead atoms. The number of rotatable bonds is 1. The molecule has 4 heteroatoms. The van der Waals surface area contributed by atoms with Crippen LogP contribution in [-0.4, -0.2) is 11.8 Å². The molecule has 1 aromatic rings. The van der Waals surface area contributed by atoms with Crippen molar-refractivity contribution < 1.29 is 9.26 Å². The highest BCUT2D eigenvalue weighted by atomic mass is 16.5. The minimum atomic E-state index is 0.107. The van der Waals surface area contributed by atoms with Crippen LogP contribution < -0.4 is 5.73 Å². The lowest BCUT2D eigenvalue weighted by molar-refractivity contribution is 0.105. The summed E-state index contributed by atoms with van der Waals surface area (Å²) in [4.78, 5) is 0. The summed E-state index contributed by atoms with van der Waals surface area (Å²) < 4.78 is 10.1. The maximum Gasteiger partial charge on any atom is 0.222 e. The van der Waals surface area contributed by atoms with Crippen molar-refractivity contribution in [2.75, 3.05) is 12.3 Å². The lowest BCUT2D eigenvalue weighted by Crippen LogP contribution is -1.94. The Bertz CT molecular complexity index is 240. The van der Waals surface area contributed by atoms with Gasteiger partial charge in [0.05, 0.1) is 0 Å². The van der Waals surface area contributed by atoms with E-state index in [-0.39, 0.29) is 6.10 Å². The maximum absolute atomic E-state index is 5.37. The van der Waals surface area contributed by atoms with E-state index in [0.29, 0.717) is 5.88 Å². The van der Waals surface area contributed by atoms with Crippen LogP contribution in [0.25, 0.3) is 0 Å². The minimum absolute atomic E-state index is 0.107. The highest BCUT2D eigenvalue weighted by Gasteiger charge is 2.20. The van der Waals surface area contributed by atoms with Gasteiger partial charge < -0.3 is 15.0 Å². The molecule has 2 heterocycles. The van der Waals surface area contributed by atoms with Crippen molar-refractivity contribution in [2.45, 2.75) is 18.9 Å². The van der Waals surface area contributed by atoms with Gasteiger partial charge in [0.2, 0.25) is 5.88 Å². The quantitative estimate of drug-likeness (QED) is 0.658. The standard InChI is InChI=1S/C7H10N2O2/c8-7-4-5(9-11-7)6-2-1-3-10-6/h4,6H,1-3,8H2/t6-/m0/s1. The van der Waals surface area contributed by atoms with E-state index < -0.39 is 0 Å². The third kappa shape index (κ3) is 1.21. The van der Waals surface area contributed by atoms with E-state index >= 15 is 0 Å². The average molecular weight is 154 g/mol. The Balaban J connectivity index is 2.15. The Hall–Kier alpha value is -1.03. The van der Waals surface area contributed by atoms with Crippen molar-refractivity contribution in [3.05, 3.63) is 11.8 Å². The Kier molecular flexibility index (Phi) is 1.54. The molecule has 0 unspecified atom stereocenters. The summed E-state index contributed by atoms with van der Waals surface area (Å²) in [7, 11) is 0. The zero-order chi connectivity index (χ0) is 7.68. The van der Waals surface area contributed by atoms with E-state index in [2.05, 4.69) is 5.16 Å². The summed E-state index contributed by atoms with van der Waals surface area (Å²) in [5.41, 5.74) is 6.18. The monoisotopic (exact) mass is 154 g/mol. The first-order valence-electron chi connectivity index (χ1n) is 3.70. The first-order valence-corrected chi connectivity index (χ1v) is 3.70. The highest BCUT2D eigenvalue weighted by molar-refractivity contribution is 5.25. The van der Waals surface area contributed by atoms with E-state index in [1.54, 1.807) is 6.07 Å². The summed E-state index contributed by atoms with van der Waals surface area (Å²) in [6, 6.07) is 1.72. The van der Waals surface area contributed by atoms with E-state index in [1.165, 1.54) is 0 Å². The van der Waals surface area contributed by atoms with Crippen LogP contribution in [0.5, 0.6) is 0 Å². The largest absolute Gasteiger partial charge is 0.372 e. The van der Waals surface area contributed by atoms with Gasteiger partial charge in [-0.25, -0.2) is 0 Å². The predicted molar refractivity (Wildman–Crippen MR) is 38.8 cm³/mol. The van der Waals surface area contributed by atoms with Gasteiger partial charge in [-0.05, 0) is 12.8 Å². The average Bonchev–Trinajstić information content (AvgIpc) is 2.55. The van der Waals surface area contributed by atoms with Crippen LogP contribution in [0.3, 0.4) is 0 Å². The first kappa shape index (κ1) is 6.67. The number of nitrogens with zero attached hydrogens (tertiary/aromatic N) is 1. The second-order valence-electron chi connectivity index (χ2n) is 2.66. The molecule has 1 aromatic heterocycles. The molecule has 0 spiro atoms. The molecule has 0 amide bonds. The number of ether oxygens (including phenoxy) is 1. The normalized spacial score (nSPS) is 24.2. The topological polar surface area (TPSA) is 61.3 Å². The molecule has 11 heavy (non-hydrogen) atoms. The molecule has 2 N–H and O–H groups in total. The Morgan fingerprint density at radius 3 is 3.09 bits per heavy atom. The zero-order valence-electron chi connectivity index (χ0n) is 6.12. The Morgan fingerprint density at radius 1 is 1.64 bits per heavy atom. The Labute approximate surface area is 64.3 Å². The van der Waals surface area contributed by atoms with Gasteiger partial charge in [0, 0.05) is 12.7 Å². The van der Waals surface area contributed by atoms with Crippen LogP contribution in [0.15, 0.2) is 10.6 Å². The first-order chi connectivity index (χ1) is 5.36. The molecular weight excluding hydrogens is 144 g/mol. The molecular formula is C7H10N2O2. The fourth-order valence-electron chi connectivity index (χ4n) is 1.27. The molecule has 2 rings (SSSR count). The van der Waals surface area contributed by atoms with Crippen LogP contribution in [0.4, 0.5) is 5.88 Å². The maximum atomic E-state index is 5.37. The van der Waals surface area contributed by atoms with Crippen LogP contribution in [0.1, 0.15) is 24.6 Å². The third-order valence-corrected chi connectivity index (χ3v) is 1.81. The van der Waals surface area contributed by atoms with Crippen molar-refractivity contribution in [3.8, 4) is 0 Å². The minimum Gasteiger partial charge on any atom is -0.372 e. The summed E-state index contributed by atoms with van der Waals surface area (Å²) in [5, 5.41) is 3.77. The SMILES string of the molecule is Nc1cc([C@@H]2CCCO2)no1. The zero-order valence-corrected chi connectivity index (χ0v) is 6.12. The number of hydrogen-bond acceptors (Lipinski definition) is 4. The lowest BCUT2D eigenvalue weighted by atomic mass is 10.2. The van der Waals surface area contributed by atoms with Gasteiger partial charge >= 0.3 is 0 Å². The third-order valence-electron chi connectivity index (χ3n) is 1.81. The van der Waals surface area contributed by atoms with Gasteiger partial charge in [-0.15, -0.1) is 0 Å². The van der Waals surface area contributed by atoms with Crippen molar-refractivity contribution >= 4 is 5.88 Å². The smallest absolute Gasteiger partial charge is 0.222 e. The van der Waals surface area contributed by atoms with Gasteiger partial charge in [0.1, 0.15) is 11.8 Å². The predicted octanol–water partition coefficient (Wildman–Crippen LogP) is 1.11. The van der Waals surface area contributed by atoms with Crippen LogP contribution in [0.2, 0.25) is 0 Å². The number of hydrogen-bond donors (Lipinski definition) is 1. The fraction of sp³-hybridized carbons (Fsp3) is 0.571. The molecule has 1 aliphatic heterocycles. The molecule has 0 saturated carbocycles. The fourth-order valence-corrected chi connectivity index (χ4v) is 1.27. The summed E-state index contributed by atoms with van der Waals surface area (Å²) in [6.07, 6.45) is 2.22. The van der Waals surface area contributed by atoms with Gasteiger partial charge in [-0.1, -0.05) is 5.16 Å². The molecule has 0 aliphatic carbocycles. The summed E-state index contributed by atoms with van der Waals surface area (Å²) in [5.74, 6) is 0.357. The van der Waals surface area contributed by atoms with Crippen molar-refractivity contribution in [1.29, 1.82) is 0 Å². The van der Waals surface area contributed by atoms with Crippen LogP contribution in [-0.2, 0) is 4.74 Å². The number of aromatic nitrogens is 1. The van der Waals surface area contributed by atoms with Crippen molar-refractivity contribution in [3.63, 3.8) is 0 Å². The number of nitrogens with two attached hydrogens (primary N) is 1. The van der Waals surface area contributed by atoms with Gasteiger partial charge in [-0.2, -0.15) is 0 Å². The van der Waals surface area contributed by atoms with Crippen molar-refractivity contribution in [1.82, 2.24) is 5.16 Å². The van der Waals surface area contributed by atoms with E-state index in [0.717, 1.165) is 25.1 Å². The molecule has 0 radical (unpaired) electrons. The van der Waals surface area contributed by atoms with Gasteiger partial charge in [-0.3, -0.25) is 0 Å². The second-order valence-corrected chi connectivity index (χ2v) is 2.66. The molecule has 60 valence electrons. The van der Waals surface area contributed by atoms with E-state index in [9.17, 15) is 0 Å². The van der Waals surface area contributed by atoms with Crippen LogP contribution >= 0.6 is 0 Å². The second kappa shape index (κ2) is 2.54. The molecule has 0 aromatic carbocycles. The Morgan fingerprint density at radius 2 is 2.55 bits per heavy atom. The summed E-state index contributed by atoms with van der Waals surface area (Å²) >= 11 is 0. The highest BCUT2D eigenvalue weighted by Crippen LogP contribution is 2.28. The summed E-state index contributed by atoms with van der Waals surface area (Å²) in [6.45, 7) is 0.817. The van der Waals surface area contributed by atoms with Crippen LogP contribution in [0, 0.1) is 0 Å². The van der Waals surface area contributed by atoms with Gasteiger partial charge in [0.25, 0.3) is 0 Å². The number of nitrogen functional groups attached to an aromatic ring is 1. The number of anilines is 1. The lowest BCUT2D eigenvalue weighted by Gasteiger charge is -2.01. The van der Waals surface area contributed by atoms with E-state index in [1.807, 2.05) is 0 Å².